The van der Waals surface area contributed by atoms with Gasteiger partial charge < -0.3 is 4.65 Å². The van der Waals surface area contributed by atoms with Gasteiger partial charge in [-0.3, -0.25) is 0 Å². The number of hydrogen-bond acceptors (Lipinski definition) is 1. The van der Waals surface area contributed by atoms with Crippen LogP contribution in [0.4, 0.5) is 0 Å². The summed E-state index contributed by atoms with van der Waals surface area (Å²) in [6.45, 7) is 5.53. The van der Waals surface area contributed by atoms with E-state index in [1.165, 1.54) is 31.8 Å². The third kappa shape index (κ3) is 1.54. The summed E-state index contributed by atoms with van der Waals surface area (Å²) in [6, 6.07) is 0. The molecule has 1 fully saturated rings. The van der Waals surface area contributed by atoms with Gasteiger partial charge in [-0.15, -0.1) is 0 Å². The van der Waals surface area contributed by atoms with Crippen molar-refractivity contribution in [3.05, 3.63) is 0 Å². The molecule has 0 radical (unpaired) electrons. The fourth-order valence-electron chi connectivity index (χ4n) is 1.97. The SMILES string of the molecule is CC[B-]1(CC)CCCCO1. The largest absolute Gasteiger partial charge is 0.590 e. The standard InChI is InChI=1S/C8H18BO/c1-3-9(4-2)7-5-6-8-10-9/h3-8H2,1-2H3/q-1. The van der Waals surface area contributed by atoms with Crippen LogP contribution in [0.15, 0.2) is 0 Å². The van der Waals surface area contributed by atoms with E-state index in [9.17, 15) is 0 Å². The Kier molecular flexibility index (Phi) is 2.78. The van der Waals surface area contributed by atoms with Crippen molar-refractivity contribution in [3.8, 4) is 0 Å². The molecule has 0 saturated carbocycles. The lowest BCUT2D eigenvalue weighted by Crippen LogP contribution is -2.39. The molecule has 0 unspecified atom stereocenters. The normalized spacial score (nSPS) is 24.6. The van der Waals surface area contributed by atoms with Gasteiger partial charge >= 0.3 is 0 Å². The maximum Gasteiger partial charge on any atom is 0.114 e. The molecular formula is C8H18BO-. The lowest BCUT2D eigenvalue weighted by molar-refractivity contribution is 0.267. The maximum atomic E-state index is 5.83. The molecule has 1 nitrogen and oxygen atoms in total. The zero-order chi connectivity index (χ0) is 7.45. The second-order valence-corrected chi connectivity index (χ2v) is 3.55. The lowest BCUT2D eigenvalue weighted by Gasteiger charge is -2.42. The molecule has 0 amide bonds. The second-order valence-electron chi connectivity index (χ2n) is 3.55. The monoisotopic (exact) mass is 141 g/mol. The smallest absolute Gasteiger partial charge is 0.114 e. The van der Waals surface area contributed by atoms with Crippen LogP contribution in [0.2, 0.25) is 19.0 Å². The van der Waals surface area contributed by atoms with E-state index < -0.39 is 0 Å². The van der Waals surface area contributed by atoms with Crippen molar-refractivity contribution in [2.75, 3.05) is 6.61 Å². The molecule has 1 aliphatic heterocycles. The molecule has 0 bridgehead atoms. The molecule has 0 N–H and O–H groups in total. The van der Waals surface area contributed by atoms with Crippen molar-refractivity contribution in [2.45, 2.75) is 45.6 Å². The van der Waals surface area contributed by atoms with Gasteiger partial charge in [-0.2, -0.15) is 19.0 Å². The van der Waals surface area contributed by atoms with Crippen molar-refractivity contribution in [2.24, 2.45) is 0 Å². The minimum absolute atomic E-state index is 0.365. The average molecular weight is 141 g/mol. The highest BCUT2D eigenvalue weighted by molar-refractivity contribution is 6.73. The molecule has 1 saturated heterocycles. The van der Waals surface area contributed by atoms with Gasteiger partial charge in [-0.05, 0) is 13.0 Å². The predicted octanol–water partition coefficient (Wildman–Crippen LogP) is 2.78. The van der Waals surface area contributed by atoms with Crippen LogP contribution in [0.5, 0.6) is 0 Å². The Morgan fingerprint density at radius 3 is 2.20 bits per heavy atom. The van der Waals surface area contributed by atoms with Crippen molar-refractivity contribution < 1.29 is 4.65 Å². The zero-order valence-electron chi connectivity index (χ0n) is 7.23. The van der Waals surface area contributed by atoms with Crippen molar-refractivity contribution in [1.29, 1.82) is 0 Å². The molecule has 1 aliphatic rings. The summed E-state index contributed by atoms with van der Waals surface area (Å²) in [5.41, 5.74) is 0. The van der Waals surface area contributed by atoms with Gasteiger partial charge in [0.1, 0.15) is 6.35 Å². The Labute approximate surface area is 64.1 Å². The lowest BCUT2D eigenvalue weighted by atomic mass is 9.33. The second kappa shape index (κ2) is 3.43. The third-order valence-electron chi connectivity index (χ3n) is 3.08. The molecule has 60 valence electrons. The Balaban J connectivity index is 2.44. The highest BCUT2D eigenvalue weighted by Gasteiger charge is 2.23. The summed E-state index contributed by atoms with van der Waals surface area (Å²) in [5.74, 6) is 0. The summed E-state index contributed by atoms with van der Waals surface area (Å²) in [4.78, 5) is 0. The first-order valence-corrected chi connectivity index (χ1v) is 4.66. The van der Waals surface area contributed by atoms with Gasteiger partial charge in [0.15, 0.2) is 0 Å². The topological polar surface area (TPSA) is 9.23 Å². The first-order chi connectivity index (χ1) is 4.83. The summed E-state index contributed by atoms with van der Waals surface area (Å²) in [6.07, 6.45) is 6.14. The van der Waals surface area contributed by atoms with Gasteiger partial charge in [0, 0.05) is 0 Å². The van der Waals surface area contributed by atoms with Gasteiger partial charge in [-0.25, -0.2) is 0 Å². The molecule has 0 aromatic heterocycles. The Morgan fingerprint density at radius 2 is 1.90 bits per heavy atom. The number of hydrogen-bond donors (Lipinski definition) is 0. The molecule has 0 aliphatic carbocycles. The van der Waals surface area contributed by atoms with Crippen molar-refractivity contribution >= 4 is 6.35 Å². The van der Waals surface area contributed by atoms with Crippen molar-refractivity contribution in [3.63, 3.8) is 0 Å². The average Bonchev–Trinajstić information content (AvgIpc) is 2.06. The molecule has 2 heteroatoms. The quantitative estimate of drug-likeness (QED) is 0.537. The Morgan fingerprint density at radius 1 is 1.20 bits per heavy atom. The van der Waals surface area contributed by atoms with Crippen LogP contribution in [0.1, 0.15) is 26.7 Å². The summed E-state index contributed by atoms with van der Waals surface area (Å²) >= 11 is 0. The van der Waals surface area contributed by atoms with Crippen LogP contribution in [-0.4, -0.2) is 13.0 Å². The van der Waals surface area contributed by atoms with Crippen molar-refractivity contribution in [1.82, 2.24) is 0 Å². The van der Waals surface area contributed by atoms with Gasteiger partial charge in [0.25, 0.3) is 0 Å². The fourth-order valence-corrected chi connectivity index (χ4v) is 1.97. The van der Waals surface area contributed by atoms with Crippen LogP contribution in [0, 0.1) is 0 Å². The van der Waals surface area contributed by atoms with Gasteiger partial charge in [0.2, 0.25) is 0 Å². The van der Waals surface area contributed by atoms with E-state index in [1.54, 1.807) is 0 Å². The van der Waals surface area contributed by atoms with E-state index in [0.29, 0.717) is 0 Å². The van der Waals surface area contributed by atoms with E-state index in [4.69, 9.17) is 4.65 Å². The predicted molar refractivity (Wildman–Crippen MR) is 46.7 cm³/mol. The summed E-state index contributed by atoms with van der Waals surface area (Å²) in [5, 5.41) is 0. The maximum absolute atomic E-state index is 5.83. The minimum atomic E-state index is -0.365. The molecule has 0 aromatic carbocycles. The molecule has 1 rings (SSSR count). The molecule has 0 aromatic rings. The Bertz CT molecular complexity index is 91.4. The number of rotatable bonds is 2. The van der Waals surface area contributed by atoms with Crippen LogP contribution >= 0.6 is 0 Å². The van der Waals surface area contributed by atoms with Gasteiger partial charge in [-0.1, -0.05) is 20.3 Å². The molecule has 0 atom stereocenters. The highest BCUT2D eigenvalue weighted by atomic mass is 16.4. The summed E-state index contributed by atoms with van der Waals surface area (Å²) < 4.78 is 5.83. The van der Waals surface area contributed by atoms with Crippen LogP contribution in [0.3, 0.4) is 0 Å². The molecule has 1 heterocycles. The van der Waals surface area contributed by atoms with Crippen LogP contribution in [0.25, 0.3) is 0 Å². The van der Waals surface area contributed by atoms with Crippen LogP contribution < -0.4 is 0 Å². The van der Waals surface area contributed by atoms with E-state index in [-0.39, 0.29) is 6.35 Å². The zero-order valence-corrected chi connectivity index (χ0v) is 7.23. The summed E-state index contributed by atoms with van der Waals surface area (Å²) in [7, 11) is 0. The third-order valence-corrected chi connectivity index (χ3v) is 3.08. The van der Waals surface area contributed by atoms with E-state index in [1.807, 2.05) is 0 Å². The Hall–Kier alpha value is 0.0249. The van der Waals surface area contributed by atoms with Gasteiger partial charge in [0.05, 0.1) is 0 Å². The minimum Gasteiger partial charge on any atom is -0.590 e. The molecule has 0 spiro atoms. The van der Waals surface area contributed by atoms with E-state index >= 15 is 0 Å². The fraction of sp³-hybridized carbons (Fsp3) is 1.00. The first-order valence-electron chi connectivity index (χ1n) is 4.66. The van der Waals surface area contributed by atoms with Crippen LogP contribution in [-0.2, 0) is 4.65 Å². The molecular weight excluding hydrogens is 123 g/mol. The van der Waals surface area contributed by atoms with E-state index in [0.717, 1.165) is 6.61 Å². The molecule has 10 heavy (non-hydrogen) atoms. The highest BCUT2D eigenvalue weighted by Crippen LogP contribution is 2.28. The van der Waals surface area contributed by atoms with E-state index in [2.05, 4.69) is 13.8 Å². The first kappa shape index (κ1) is 8.12.